The number of Topliss-reactive ketones (excluding diaryl/α,β-unsaturated/α-hetero) is 1. The van der Waals surface area contributed by atoms with Crippen LogP contribution in [-0.2, 0) is 11.2 Å². The number of rotatable bonds is 9. The number of hydrogen-bond acceptors (Lipinski definition) is 3. The zero-order chi connectivity index (χ0) is 27.5. The van der Waals surface area contributed by atoms with E-state index in [0.717, 1.165) is 36.8 Å². The number of aliphatic carboxylic acids is 1. The number of amides is 2. The first-order valence-corrected chi connectivity index (χ1v) is 14.0. The third-order valence-corrected chi connectivity index (χ3v) is 8.70. The fourth-order valence-corrected chi connectivity index (χ4v) is 6.45. The monoisotopic (exact) mass is 564 g/mol. The summed E-state index contributed by atoms with van der Waals surface area (Å²) in [6, 6.07) is 21.1. The van der Waals surface area contributed by atoms with Gasteiger partial charge in [0.05, 0.1) is 27.6 Å². The van der Waals surface area contributed by atoms with Gasteiger partial charge < -0.3 is 15.7 Å². The van der Waals surface area contributed by atoms with E-state index in [0.29, 0.717) is 10.9 Å². The predicted octanol–water partition coefficient (Wildman–Crippen LogP) is 6.91. The van der Waals surface area contributed by atoms with Gasteiger partial charge in [0.15, 0.2) is 5.78 Å². The first-order chi connectivity index (χ1) is 18.8. The van der Waals surface area contributed by atoms with Gasteiger partial charge in [-0.1, -0.05) is 83.9 Å². The van der Waals surface area contributed by atoms with E-state index in [-0.39, 0.29) is 35.5 Å². The van der Waals surface area contributed by atoms with Gasteiger partial charge in [-0.3, -0.25) is 9.59 Å². The van der Waals surface area contributed by atoms with E-state index in [1.54, 1.807) is 6.07 Å². The van der Waals surface area contributed by atoms with E-state index in [1.165, 1.54) is 11.1 Å². The van der Waals surface area contributed by atoms with E-state index in [4.69, 9.17) is 23.2 Å². The van der Waals surface area contributed by atoms with E-state index >= 15 is 0 Å². The lowest BCUT2D eigenvalue weighted by atomic mass is 9.68. The summed E-state index contributed by atoms with van der Waals surface area (Å²) < 4.78 is 0. The number of nitrogens with one attached hydrogen (secondary N) is 2. The Morgan fingerprint density at radius 2 is 1.62 bits per heavy atom. The van der Waals surface area contributed by atoms with E-state index in [2.05, 4.69) is 22.8 Å². The van der Waals surface area contributed by atoms with Crippen LogP contribution >= 0.6 is 23.2 Å². The first-order valence-electron chi connectivity index (χ1n) is 13.2. The number of aryl methyl sites for hydroxylation is 1. The van der Waals surface area contributed by atoms with Gasteiger partial charge in [-0.25, -0.2) is 4.79 Å². The molecule has 2 atom stereocenters. The standard InChI is InChI=1S/C31H30Cl2N2O4/c32-25-12-11-24(21-14-20(15-21)18-6-2-1-3-7-18)29(33)28(25)27(36)16-22(30(37)38)17-34-31(39)35-26-13-10-19-8-4-5-9-23(19)26/h1-9,11-12,20-22,26H,10,13-17H2,(H,37,38)(H2,34,35,39). The van der Waals surface area contributed by atoms with E-state index in [9.17, 15) is 19.5 Å². The second kappa shape index (κ2) is 11.8. The fraction of sp³-hybridized carbons (Fsp3) is 0.323. The van der Waals surface area contributed by atoms with Gasteiger partial charge in [-0.15, -0.1) is 0 Å². The maximum absolute atomic E-state index is 13.3. The maximum atomic E-state index is 13.3. The highest BCUT2D eigenvalue weighted by Crippen LogP contribution is 2.50. The average molecular weight is 565 g/mol. The van der Waals surface area contributed by atoms with Crippen molar-refractivity contribution in [3.63, 3.8) is 0 Å². The molecule has 0 spiro atoms. The molecule has 3 aromatic rings. The number of halogens is 2. The summed E-state index contributed by atoms with van der Waals surface area (Å²) in [7, 11) is 0. The molecule has 1 saturated carbocycles. The highest BCUT2D eigenvalue weighted by molar-refractivity contribution is 6.40. The Morgan fingerprint density at radius 3 is 2.36 bits per heavy atom. The minimum Gasteiger partial charge on any atom is -0.481 e. The number of ketones is 1. The first kappa shape index (κ1) is 27.2. The smallest absolute Gasteiger partial charge is 0.315 e. The Balaban J connectivity index is 1.20. The Hall–Kier alpha value is -3.35. The van der Waals surface area contributed by atoms with Crippen LogP contribution in [0.4, 0.5) is 4.79 Å². The summed E-state index contributed by atoms with van der Waals surface area (Å²) >= 11 is 13.1. The van der Waals surface area contributed by atoms with Gasteiger partial charge in [0.1, 0.15) is 0 Å². The molecule has 6 nitrogen and oxygen atoms in total. The highest BCUT2D eigenvalue weighted by atomic mass is 35.5. The SMILES string of the molecule is O=C(NCC(CC(=O)c1c(Cl)ccc(C2CC(c3ccccc3)C2)c1Cl)C(=O)O)NC1CCc2ccccc21. The van der Waals surface area contributed by atoms with Crippen LogP contribution in [0, 0.1) is 5.92 Å². The van der Waals surface area contributed by atoms with Gasteiger partial charge in [0, 0.05) is 13.0 Å². The van der Waals surface area contributed by atoms with Gasteiger partial charge in [0.25, 0.3) is 0 Å². The summed E-state index contributed by atoms with van der Waals surface area (Å²) in [6.07, 6.45) is 3.17. The average Bonchev–Trinajstić information content (AvgIpc) is 3.30. The van der Waals surface area contributed by atoms with Crippen LogP contribution in [-0.4, -0.2) is 29.4 Å². The van der Waals surface area contributed by atoms with Gasteiger partial charge in [-0.05, 0) is 65.8 Å². The minimum atomic E-state index is -1.18. The number of carboxylic acids is 1. The molecule has 2 aliphatic carbocycles. The van der Waals surface area contributed by atoms with Crippen molar-refractivity contribution in [1.29, 1.82) is 0 Å². The lowest BCUT2D eigenvalue weighted by Gasteiger charge is -2.37. The molecule has 0 aromatic heterocycles. The predicted molar refractivity (Wildman–Crippen MR) is 152 cm³/mol. The topological polar surface area (TPSA) is 95.5 Å². The van der Waals surface area contributed by atoms with E-state index in [1.807, 2.05) is 48.5 Å². The Kier molecular flexibility index (Phi) is 8.24. The summed E-state index contributed by atoms with van der Waals surface area (Å²) in [6.45, 7) is -0.197. The quantitative estimate of drug-likeness (QED) is 0.246. The minimum absolute atomic E-state index is 0.126. The molecule has 0 radical (unpaired) electrons. The molecule has 3 aromatic carbocycles. The Labute approximate surface area is 237 Å². The van der Waals surface area contributed by atoms with Crippen molar-refractivity contribution in [2.45, 2.75) is 50.0 Å². The van der Waals surface area contributed by atoms with E-state index < -0.39 is 23.7 Å². The molecule has 0 saturated heterocycles. The zero-order valence-electron chi connectivity index (χ0n) is 21.3. The summed E-state index contributed by atoms with van der Waals surface area (Å²) in [5, 5.41) is 15.8. The van der Waals surface area contributed by atoms with Crippen LogP contribution in [0.1, 0.15) is 76.2 Å². The fourth-order valence-electron chi connectivity index (χ4n) is 5.71. The van der Waals surface area contributed by atoms with Crippen LogP contribution in [0.5, 0.6) is 0 Å². The Morgan fingerprint density at radius 1 is 0.897 bits per heavy atom. The molecule has 2 amide bonds. The van der Waals surface area contributed by atoms with Crippen molar-refractivity contribution in [3.05, 3.63) is 105 Å². The summed E-state index contributed by atoms with van der Waals surface area (Å²) in [4.78, 5) is 37.8. The van der Waals surface area contributed by atoms with Crippen molar-refractivity contribution in [1.82, 2.24) is 10.6 Å². The molecule has 202 valence electrons. The van der Waals surface area contributed by atoms with Crippen LogP contribution in [0.25, 0.3) is 0 Å². The number of fused-ring (bicyclic) bond motifs is 1. The van der Waals surface area contributed by atoms with Crippen molar-refractivity contribution in [2.75, 3.05) is 6.54 Å². The van der Waals surface area contributed by atoms with Crippen LogP contribution in [0.3, 0.4) is 0 Å². The molecule has 0 bridgehead atoms. The molecule has 39 heavy (non-hydrogen) atoms. The molecule has 3 N–H and O–H groups in total. The molecular weight excluding hydrogens is 535 g/mol. The van der Waals surface area contributed by atoms with Gasteiger partial charge in [-0.2, -0.15) is 0 Å². The number of carbonyl (C=O) groups is 3. The number of carbonyl (C=O) groups excluding carboxylic acids is 2. The molecule has 1 fully saturated rings. The van der Waals surface area contributed by atoms with Gasteiger partial charge >= 0.3 is 12.0 Å². The molecule has 8 heteroatoms. The lowest BCUT2D eigenvalue weighted by molar-refractivity contribution is -0.141. The third kappa shape index (κ3) is 5.97. The number of carboxylic acid groups (broad SMARTS) is 1. The summed E-state index contributed by atoms with van der Waals surface area (Å²) in [5.74, 6) is -2.12. The largest absolute Gasteiger partial charge is 0.481 e. The molecule has 5 rings (SSSR count). The van der Waals surface area contributed by atoms with Gasteiger partial charge in [0.2, 0.25) is 0 Å². The van der Waals surface area contributed by atoms with Crippen molar-refractivity contribution < 1.29 is 19.5 Å². The van der Waals surface area contributed by atoms with Crippen LogP contribution in [0.15, 0.2) is 66.7 Å². The maximum Gasteiger partial charge on any atom is 0.315 e. The zero-order valence-corrected chi connectivity index (χ0v) is 22.8. The number of urea groups is 1. The molecule has 2 unspecified atom stereocenters. The number of benzene rings is 3. The summed E-state index contributed by atoms with van der Waals surface area (Å²) in [5.41, 5.74) is 4.57. The van der Waals surface area contributed by atoms with Crippen molar-refractivity contribution in [2.24, 2.45) is 5.92 Å². The molecular formula is C31H30Cl2N2O4. The van der Waals surface area contributed by atoms with Crippen molar-refractivity contribution >= 4 is 41.0 Å². The molecule has 2 aliphatic rings. The normalized spacial score (nSPS) is 20.4. The molecule has 0 heterocycles. The highest BCUT2D eigenvalue weighted by Gasteiger charge is 2.34. The molecule has 0 aliphatic heterocycles. The van der Waals surface area contributed by atoms with Crippen LogP contribution < -0.4 is 10.6 Å². The second-order valence-corrected chi connectivity index (χ2v) is 11.2. The Bertz CT molecular complexity index is 1390. The van der Waals surface area contributed by atoms with Crippen LogP contribution in [0.2, 0.25) is 10.0 Å². The third-order valence-electron chi connectivity index (χ3n) is 7.98. The second-order valence-electron chi connectivity index (χ2n) is 10.4. The lowest BCUT2D eigenvalue weighted by Crippen LogP contribution is -2.41. The number of hydrogen-bond donors (Lipinski definition) is 3. The van der Waals surface area contributed by atoms with Crippen molar-refractivity contribution in [3.8, 4) is 0 Å².